The van der Waals surface area contributed by atoms with Crippen molar-refractivity contribution >= 4 is 23.8 Å². The Kier molecular flexibility index (Phi) is 10.8. The van der Waals surface area contributed by atoms with Crippen molar-refractivity contribution in [1.29, 1.82) is 0 Å². The number of rotatable bonds is 14. The number of hydrogen-bond acceptors (Lipinski definition) is 7. The number of carboxylic acids is 1. The predicted octanol–water partition coefficient (Wildman–Crippen LogP) is 2.34. The molecule has 3 aliphatic rings. The molecule has 11 nitrogen and oxygen atoms in total. The molecule has 3 aliphatic heterocycles. The van der Waals surface area contributed by atoms with E-state index in [1.54, 1.807) is 4.90 Å². The zero-order valence-corrected chi connectivity index (χ0v) is 25.6. The summed E-state index contributed by atoms with van der Waals surface area (Å²) in [4.78, 5) is 60.2. The maximum Gasteiger partial charge on any atom is 0.326 e. The molecule has 42 heavy (non-hydrogen) atoms. The highest BCUT2D eigenvalue weighted by Gasteiger charge is 2.47. The average Bonchev–Trinajstić information content (AvgIpc) is 3.57. The Hall–Kier alpha value is -3.18. The lowest BCUT2D eigenvalue weighted by Crippen LogP contribution is -2.52. The minimum Gasteiger partial charge on any atom is -0.493 e. The van der Waals surface area contributed by atoms with Crippen LogP contribution in [0.3, 0.4) is 0 Å². The van der Waals surface area contributed by atoms with Gasteiger partial charge in [0.2, 0.25) is 11.8 Å². The van der Waals surface area contributed by atoms with Gasteiger partial charge in [0.05, 0.1) is 19.1 Å². The first-order valence-corrected chi connectivity index (χ1v) is 15.3. The first-order valence-electron chi connectivity index (χ1n) is 15.3. The van der Waals surface area contributed by atoms with E-state index in [4.69, 9.17) is 4.74 Å². The van der Waals surface area contributed by atoms with E-state index in [-0.39, 0.29) is 36.7 Å². The number of nitrogens with zero attached hydrogens (tertiary/aromatic N) is 5. The van der Waals surface area contributed by atoms with Gasteiger partial charge in [-0.1, -0.05) is 25.5 Å². The Morgan fingerprint density at radius 1 is 1.10 bits per heavy atom. The molecule has 1 unspecified atom stereocenters. The third kappa shape index (κ3) is 7.42. The minimum absolute atomic E-state index is 0.0127. The fourth-order valence-electron chi connectivity index (χ4n) is 6.50. The lowest BCUT2D eigenvalue weighted by atomic mass is 9.83. The summed E-state index contributed by atoms with van der Waals surface area (Å²) in [5.41, 5.74) is 2.03. The fourth-order valence-corrected chi connectivity index (χ4v) is 6.50. The minimum atomic E-state index is -0.900. The normalized spacial score (nSPS) is 22.5. The summed E-state index contributed by atoms with van der Waals surface area (Å²) >= 11 is 0. The molecule has 4 rings (SSSR count). The maximum atomic E-state index is 13.7. The Labute approximate surface area is 249 Å². The van der Waals surface area contributed by atoms with Gasteiger partial charge in [0.1, 0.15) is 5.75 Å². The van der Waals surface area contributed by atoms with Crippen LogP contribution < -0.4 is 4.74 Å². The van der Waals surface area contributed by atoms with Crippen LogP contribution in [0.15, 0.2) is 18.2 Å². The predicted molar refractivity (Wildman–Crippen MR) is 159 cm³/mol. The van der Waals surface area contributed by atoms with E-state index in [1.807, 2.05) is 36.0 Å². The second-order valence-corrected chi connectivity index (χ2v) is 12.1. The largest absolute Gasteiger partial charge is 0.493 e. The summed E-state index contributed by atoms with van der Waals surface area (Å²) < 4.78 is 5.68. The molecule has 1 aromatic carbocycles. The highest BCUT2D eigenvalue weighted by molar-refractivity contribution is 5.96. The van der Waals surface area contributed by atoms with Crippen molar-refractivity contribution < 1.29 is 29.0 Å². The fraction of sp³-hybridized carbons (Fsp3) is 0.677. The number of carbonyl (C=O) groups is 4. The molecule has 1 N–H and O–H groups in total. The molecule has 0 spiro atoms. The van der Waals surface area contributed by atoms with Crippen LogP contribution in [-0.4, -0.2) is 133 Å². The smallest absolute Gasteiger partial charge is 0.326 e. The molecular weight excluding hydrogens is 538 g/mol. The Morgan fingerprint density at radius 2 is 1.86 bits per heavy atom. The van der Waals surface area contributed by atoms with Crippen LogP contribution in [0.2, 0.25) is 0 Å². The second kappa shape index (κ2) is 14.3. The Morgan fingerprint density at radius 3 is 2.57 bits per heavy atom. The van der Waals surface area contributed by atoms with Crippen LogP contribution in [0.1, 0.15) is 56.1 Å². The molecule has 0 bridgehead atoms. The molecule has 3 heterocycles. The van der Waals surface area contributed by atoms with Crippen molar-refractivity contribution in [2.24, 2.45) is 5.92 Å². The van der Waals surface area contributed by atoms with Gasteiger partial charge >= 0.3 is 12.0 Å². The lowest BCUT2D eigenvalue weighted by Gasteiger charge is -2.34. The van der Waals surface area contributed by atoms with E-state index >= 15 is 0 Å². The highest BCUT2D eigenvalue weighted by atomic mass is 16.5. The number of aliphatic carboxylic acids is 1. The summed E-state index contributed by atoms with van der Waals surface area (Å²) in [6.07, 6.45) is 4.21. The number of ether oxygens (including phenoxy) is 1. The SMILES string of the molecule is CCCCN(CCCN(C)C)C(=O)CN1C[C@H](c2ccc3c(c2)CCO3)C(C(=O)O)[C@@H]1CCN1CCC(=O)N(C)C1=O. The number of fused-ring (bicyclic) bond motifs is 1. The van der Waals surface area contributed by atoms with Crippen LogP contribution in [0.5, 0.6) is 5.75 Å². The zero-order valence-electron chi connectivity index (χ0n) is 25.6. The first-order chi connectivity index (χ1) is 20.1. The van der Waals surface area contributed by atoms with E-state index in [9.17, 15) is 24.3 Å². The number of carboxylic acid groups (broad SMARTS) is 1. The summed E-state index contributed by atoms with van der Waals surface area (Å²) in [6, 6.07) is 5.15. The molecule has 11 heteroatoms. The number of carbonyl (C=O) groups excluding carboxylic acids is 3. The monoisotopic (exact) mass is 585 g/mol. The quantitative estimate of drug-likeness (QED) is 0.354. The van der Waals surface area contributed by atoms with Gasteiger partial charge in [-0.2, -0.15) is 0 Å². The standard InChI is InChI=1S/C31H47N5O6/c1-5-6-14-34(15-7-13-32(2)3)28(38)21-36-20-24(22-8-9-26-23(19-22)12-18-42-26)29(30(39)40)25(36)10-16-35-17-11-27(37)33(4)31(35)41/h8-9,19,24-25,29H,5-7,10-18,20-21H2,1-4H3,(H,39,40)/t24-,25+,29?/m1/s1. The van der Waals surface area contributed by atoms with Crippen LogP contribution >= 0.6 is 0 Å². The second-order valence-electron chi connectivity index (χ2n) is 12.1. The molecule has 2 fully saturated rings. The molecule has 0 aromatic heterocycles. The molecular formula is C31H47N5O6. The van der Waals surface area contributed by atoms with Crippen molar-refractivity contribution in [2.75, 3.05) is 73.6 Å². The third-order valence-electron chi connectivity index (χ3n) is 8.90. The number of amides is 4. The van der Waals surface area contributed by atoms with E-state index in [1.165, 1.54) is 7.05 Å². The zero-order chi connectivity index (χ0) is 30.4. The first kappa shape index (κ1) is 31.7. The number of benzene rings is 1. The summed E-state index contributed by atoms with van der Waals surface area (Å²) in [6.45, 7) is 6.17. The van der Waals surface area contributed by atoms with Crippen molar-refractivity contribution in [3.8, 4) is 5.75 Å². The lowest BCUT2D eigenvalue weighted by molar-refractivity contribution is -0.144. The third-order valence-corrected chi connectivity index (χ3v) is 8.90. The van der Waals surface area contributed by atoms with Gasteiger partial charge < -0.3 is 24.5 Å². The summed E-state index contributed by atoms with van der Waals surface area (Å²) in [7, 11) is 5.52. The van der Waals surface area contributed by atoms with Crippen LogP contribution in [0, 0.1) is 5.92 Å². The van der Waals surface area contributed by atoms with Crippen LogP contribution in [-0.2, 0) is 20.8 Å². The van der Waals surface area contributed by atoms with Gasteiger partial charge in [-0.25, -0.2) is 4.79 Å². The number of urea groups is 1. The maximum absolute atomic E-state index is 13.7. The van der Waals surface area contributed by atoms with Crippen LogP contribution in [0.25, 0.3) is 0 Å². The topological polar surface area (TPSA) is 114 Å². The Balaban J connectivity index is 1.57. The van der Waals surface area contributed by atoms with Crippen molar-refractivity contribution in [3.05, 3.63) is 29.3 Å². The van der Waals surface area contributed by atoms with Gasteiger partial charge in [0, 0.05) is 64.6 Å². The van der Waals surface area contributed by atoms with E-state index in [2.05, 4.69) is 17.9 Å². The molecule has 3 atom stereocenters. The molecule has 0 aliphatic carbocycles. The van der Waals surface area contributed by atoms with E-state index in [0.29, 0.717) is 45.8 Å². The molecule has 4 amide bonds. The van der Waals surface area contributed by atoms with Gasteiger partial charge in [-0.15, -0.1) is 0 Å². The molecule has 232 valence electrons. The van der Waals surface area contributed by atoms with Gasteiger partial charge in [0.25, 0.3) is 0 Å². The van der Waals surface area contributed by atoms with Gasteiger partial charge in [-0.05, 0) is 57.1 Å². The van der Waals surface area contributed by atoms with Crippen molar-refractivity contribution in [2.45, 2.75) is 57.4 Å². The van der Waals surface area contributed by atoms with Crippen molar-refractivity contribution in [3.63, 3.8) is 0 Å². The molecule has 1 aromatic rings. The van der Waals surface area contributed by atoms with E-state index < -0.39 is 17.9 Å². The van der Waals surface area contributed by atoms with E-state index in [0.717, 1.165) is 54.0 Å². The average molecular weight is 586 g/mol. The number of hydrogen-bond donors (Lipinski definition) is 1. The number of imide groups is 1. The molecule has 0 saturated carbocycles. The molecule has 0 radical (unpaired) electrons. The Bertz CT molecular complexity index is 1140. The molecule has 2 saturated heterocycles. The van der Waals surface area contributed by atoms with Gasteiger partial charge in [-0.3, -0.25) is 24.2 Å². The highest BCUT2D eigenvalue weighted by Crippen LogP contribution is 2.41. The van der Waals surface area contributed by atoms with Crippen molar-refractivity contribution in [1.82, 2.24) is 24.5 Å². The van der Waals surface area contributed by atoms with Gasteiger partial charge in [0.15, 0.2) is 0 Å². The van der Waals surface area contributed by atoms with Crippen LogP contribution in [0.4, 0.5) is 4.79 Å². The summed E-state index contributed by atoms with van der Waals surface area (Å²) in [5, 5.41) is 10.5. The summed E-state index contributed by atoms with van der Waals surface area (Å²) in [5.74, 6) is -1.30. The number of unbranched alkanes of at least 4 members (excludes halogenated alkanes) is 1. The number of likely N-dealkylation sites (tertiary alicyclic amines) is 1.